The van der Waals surface area contributed by atoms with Crippen molar-refractivity contribution in [3.8, 4) is 0 Å². The maximum absolute atomic E-state index is 15.3. The van der Waals surface area contributed by atoms with Crippen molar-refractivity contribution in [1.29, 1.82) is 0 Å². The third kappa shape index (κ3) is 11.1. The Balaban J connectivity index is 0.000000251. The molecule has 66 heavy (non-hydrogen) atoms. The number of nitrogens with zero attached hydrogens (tertiary/aromatic N) is 2. The van der Waals surface area contributed by atoms with Crippen molar-refractivity contribution < 1.29 is 56.4 Å². The number of methoxy groups -OCH3 is 1. The van der Waals surface area contributed by atoms with E-state index < -0.39 is 69.9 Å². The summed E-state index contributed by atoms with van der Waals surface area (Å²) >= 11 is 11.6. The van der Waals surface area contributed by atoms with E-state index in [2.05, 4.69) is 4.74 Å². The van der Waals surface area contributed by atoms with E-state index in [0.29, 0.717) is 0 Å². The van der Waals surface area contributed by atoms with Gasteiger partial charge in [-0.05, 0) is 77.4 Å². The molecule has 0 aliphatic heterocycles. The molecule has 12 nitrogen and oxygen atoms in total. The second-order valence-electron chi connectivity index (χ2n) is 15.9. The molecular weight excluding hydrogens is 911 g/mol. The van der Waals surface area contributed by atoms with Crippen LogP contribution >= 0.6 is 23.2 Å². The fraction of sp³-hybridized carbons (Fsp3) is 0.312. The lowest BCUT2D eigenvalue weighted by Crippen LogP contribution is -2.28. The molecule has 0 saturated heterocycles. The van der Waals surface area contributed by atoms with Crippen LogP contribution in [-0.2, 0) is 27.1 Å². The highest BCUT2D eigenvalue weighted by atomic mass is 35.5. The number of aliphatic hydroxyl groups excluding tert-OH is 1. The van der Waals surface area contributed by atoms with Crippen molar-refractivity contribution in [2.75, 3.05) is 26.9 Å². The van der Waals surface area contributed by atoms with Crippen molar-refractivity contribution in [3.05, 3.63) is 160 Å². The van der Waals surface area contributed by atoms with Crippen LogP contribution in [0.4, 0.5) is 22.4 Å². The number of ether oxygens (including phenoxy) is 3. The van der Waals surface area contributed by atoms with Crippen LogP contribution in [0.3, 0.4) is 0 Å². The molecule has 2 heterocycles. The molecule has 0 aliphatic rings. The molecule has 0 aliphatic carbocycles. The maximum atomic E-state index is 15.3. The molecule has 0 unspecified atom stereocenters. The number of halogens is 6. The van der Waals surface area contributed by atoms with E-state index in [1.165, 1.54) is 64.9 Å². The smallest absolute Gasteiger partial charge is 0.477 e. The zero-order chi connectivity index (χ0) is 48.7. The van der Waals surface area contributed by atoms with Crippen molar-refractivity contribution in [1.82, 2.24) is 9.13 Å². The van der Waals surface area contributed by atoms with Crippen LogP contribution < -0.4 is 10.9 Å². The van der Waals surface area contributed by atoms with Gasteiger partial charge in [0.1, 0.15) is 41.0 Å². The van der Waals surface area contributed by atoms with Crippen molar-refractivity contribution in [2.24, 2.45) is 11.8 Å². The number of hydrogen-bond acceptors (Lipinski definition) is 9. The first kappa shape index (κ1) is 50.8. The predicted molar refractivity (Wildman–Crippen MR) is 241 cm³/mol. The Bertz CT molecular complexity index is 2940. The van der Waals surface area contributed by atoms with Gasteiger partial charge in [0.05, 0.1) is 53.5 Å². The summed E-state index contributed by atoms with van der Waals surface area (Å²) in [4.78, 5) is 61.9. The first-order valence-electron chi connectivity index (χ1n) is 20.6. The number of aromatic nitrogens is 2. The number of carboxylic acid groups (broad SMARTS) is 1. The van der Waals surface area contributed by atoms with E-state index >= 15 is 4.39 Å². The Labute approximate surface area is 385 Å². The molecule has 0 amide bonds. The zero-order valence-corrected chi connectivity index (χ0v) is 38.1. The Morgan fingerprint density at radius 1 is 0.682 bits per heavy atom. The molecular formula is C48H46Cl2F4N2O10. The van der Waals surface area contributed by atoms with Gasteiger partial charge in [-0.25, -0.2) is 31.9 Å². The minimum absolute atomic E-state index is 0.0205. The number of aliphatic hydroxyl groups is 1. The largest absolute Gasteiger partial charge is 0.508 e. The molecule has 4 aromatic carbocycles. The van der Waals surface area contributed by atoms with Gasteiger partial charge in [0.2, 0.25) is 10.9 Å². The van der Waals surface area contributed by atoms with Gasteiger partial charge in [-0.2, -0.15) is 0 Å². The monoisotopic (exact) mass is 956 g/mol. The summed E-state index contributed by atoms with van der Waals surface area (Å²) in [6.07, 6.45) is 1.16. The van der Waals surface area contributed by atoms with Gasteiger partial charge < -0.3 is 33.6 Å². The van der Waals surface area contributed by atoms with Crippen molar-refractivity contribution >= 4 is 63.1 Å². The van der Waals surface area contributed by atoms with Gasteiger partial charge in [0, 0.05) is 36.0 Å². The van der Waals surface area contributed by atoms with Gasteiger partial charge in [0.15, 0.2) is 0 Å². The molecule has 0 bridgehead atoms. The molecule has 0 spiro atoms. The van der Waals surface area contributed by atoms with E-state index in [1.54, 1.807) is 13.0 Å². The molecule has 18 heteroatoms. The van der Waals surface area contributed by atoms with E-state index in [4.69, 9.17) is 32.7 Å². The molecule has 2 aromatic heterocycles. The van der Waals surface area contributed by atoms with Gasteiger partial charge in [-0.3, -0.25) is 9.59 Å². The SMILES string of the molecule is CC(C)[C@@H](CO)n1cc(C(=O)O)c(=O)c2cc(Cc3cccc(Cl)c3F)c(F)cc21.CCOC(=O)c1cn([C@H](COC(=O)OC)C(C)C)c2cc(F)c(Cc3cccc(Cl)c3F)cc2c1=O. The fourth-order valence-corrected chi connectivity index (χ4v) is 7.75. The molecule has 0 fully saturated rings. The third-order valence-electron chi connectivity index (χ3n) is 10.9. The summed E-state index contributed by atoms with van der Waals surface area (Å²) in [5.41, 5.74) is -1.50. The average Bonchev–Trinajstić information content (AvgIpc) is 3.26. The number of esters is 1. The number of rotatable bonds is 14. The highest BCUT2D eigenvalue weighted by Crippen LogP contribution is 2.30. The molecule has 0 saturated carbocycles. The lowest BCUT2D eigenvalue weighted by Gasteiger charge is -2.26. The van der Waals surface area contributed by atoms with Gasteiger partial charge in [0.25, 0.3) is 0 Å². The van der Waals surface area contributed by atoms with Crippen molar-refractivity contribution in [3.63, 3.8) is 0 Å². The van der Waals surface area contributed by atoms with E-state index in [0.717, 1.165) is 18.3 Å². The first-order valence-corrected chi connectivity index (χ1v) is 21.3. The van der Waals surface area contributed by atoms with Crippen LogP contribution in [0.5, 0.6) is 0 Å². The number of aromatic carboxylic acids is 1. The Kier molecular flexibility index (Phi) is 16.8. The van der Waals surface area contributed by atoms with Gasteiger partial charge >= 0.3 is 18.1 Å². The number of pyridine rings is 2. The number of benzene rings is 4. The van der Waals surface area contributed by atoms with E-state index in [9.17, 15) is 47.4 Å². The van der Waals surface area contributed by atoms with Crippen LogP contribution in [0.15, 0.2) is 82.6 Å². The first-order chi connectivity index (χ1) is 31.2. The summed E-state index contributed by atoms with van der Waals surface area (Å²) in [5.74, 6) is -5.30. The lowest BCUT2D eigenvalue weighted by molar-refractivity contribution is 0.0510. The summed E-state index contributed by atoms with van der Waals surface area (Å²) in [7, 11) is 1.17. The second-order valence-corrected chi connectivity index (χ2v) is 16.7. The lowest BCUT2D eigenvalue weighted by atomic mass is 9.99. The average molecular weight is 958 g/mol. The number of carboxylic acids is 1. The topological polar surface area (TPSA) is 163 Å². The Hall–Kier alpha value is -6.23. The summed E-state index contributed by atoms with van der Waals surface area (Å²) in [6.45, 7) is 8.46. The minimum atomic E-state index is -1.43. The van der Waals surface area contributed by atoms with E-state index in [1.807, 2.05) is 27.7 Å². The van der Waals surface area contributed by atoms with Crippen LogP contribution in [0.25, 0.3) is 21.8 Å². The number of fused-ring (bicyclic) bond motifs is 2. The Morgan fingerprint density at radius 3 is 1.56 bits per heavy atom. The van der Waals surface area contributed by atoms with E-state index in [-0.39, 0.29) is 104 Å². The van der Waals surface area contributed by atoms with Crippen LogP contribution in [0.1, 0.15) is 89.7 Å². The third-order valence-corrected chi connectivity index (χ3v) is 11.5. The molecule has 6 rings (SSSR count). The number of carbonyl (C=O) groups excluding carboxylic acids is 2. The Morgan fingerprint density at radius 2 is 1.14 bits per heavy atom. The number of hydrogen-bond donors (Lipinski definition) is 2. The molecule has 6 aromatic rings. The standard InChI is InChI=1S/C26H26ClF2NO6.C22H20ClF2NO4/c1-5-35-25(32)18-12-30(22(14(2)3)13-36-26(33)34-4)21-11-20(28)16(10-17(21)24(18)31)9-15-7-6-8-19(27)23(15)29;1-11(2)19(10-27)26-9-15(22(29)30)21(28)14-7-13(17(24)8-18(14)26)6-12-4-3-5-16(23)20(12)25/h6-8,10-12,14,22H,5,9,13H2,1-4H3;3-5,7-9,11,19,27H,6,10H2,1-2H3,(H,29,30)/t22-;19-/m11/s1. The number of carbonyl (C=O) groups is 3. The quantitative estimate of drug-likeness (QED) is 0.0794. The highest BCUT2D eigenvalue weighted by Gasteiger charge is 2.26. The normalized spacial score (nSPS) is 12.2. The molecule has 2 N–H and O–H groups in total. The fourth-order valence-electron chi connectivity index (χ4n) is 7.36. The summed E-state index contributed by atoms with van der Waals surface area (Å²) in [5, 5.41) is 19.0. The molecule has 2 atom stereocenters. The van der Waals surface area contributed by atoms with Crippen LogP contribution in [0.2, 0.25) is 10.0 Å². The molecule has 0 radical (unpaired) electrons. The maximum Gasteiger partial charge on any atom is 0.508 e. The molecule has 350 valence electrons. The predicted octanol–water partition coefficient (Wildman–Crippen LogP) is 10.1. The van der Waals surface area contributed by atoms with Crippen LogP contribution in [0, 0.1) is 35.1 Å². The zero-order valence-electron chi connectivity index (χ0n) is 36.6. The van der Waals surface area contributed by atoms with Gasteiger partial charge in [-0.15, -0.1) is 0 Å². The van der Waals surface area contributed by atoms with Crippen LogP contribution in [-0.4, -0.2) is 64.4 Å². The highest BCUT2D eigenvalue weighted by molar-refractivity contribution is 6.31. The van der Waals surface area contributed by atoms with Gasteiger partial charge in [-0.1, -0.05) is 75.2 Å². The van der Waals surface area contributed by atoms with Crippen molar-refractivity contribution in [2.45, 2.75) is 59.5 Å². The second kappa shape index (κ2) is 21.8. The summed E-state index contributed by atoms with van der Waals surface area (Å²) < 4.78 is 76.6. The minimum Gasteiger partial charge on any atom is -0.477 e. The summed E-state index contributed by atoms with van der Waals surface area (Å²) in [6, 6.07) is 12.4.